The van der Waals surface area contributed by atoms with Crippen LogP contribution in [-0.4, -0.2) is 31.6 Å². The van der Waals surface area contributed by atoms with Gasteiger partial charge in [0.1, 0.15) is 0 Å². The van der Waals surface area contributed by atoms with E-state index in [1.165, 1.54) is 68.4 Å². The van der Waals surface area contributed by atoms with Crippen molar-refractivity contribution < 1.29 is 0 Å². The van der Waals surface area contributed by atoms with E-state index >= 15 is 0 Å². The molecule has 1 spiro atoms. The van der Waals surface area contributed by atoms with Crippen LogP contribution in [0.1, 0.15) is 55.2 Å². The fourth-order valence-corrected chi connectivity index (χ4v) is 4.61. The zero-order valence-electron chi connectivity index (χ0n) is 14.4. The minimum absolute atomic E-state index is 0.202. The smallest absolute Gasteiger partial charge is 0.0605 e. The molecule has 0 amide bonds. The van der Waals surface area contributed by atoms with Crippen molar-refractivity contribution in [3.8, 4) is 11.8 Å². The van der Waals surface area contributed by atoms with Gasteiger partial charge < -0.3 is 5.32 Å². The number of likely N-dealkylation sites (N-methyl/N-ethyl adjacent to an activating group) is 1. The zero-order chi connectivity index (χ0) is 16.6. The monoisotopic (exact) mass is 340 g/mol. The molecule has 1 aromatic rings. The molecule has 4 rings (SSSR count). The van der Waals surface area contributed by atoms with Gasteiger partial charge in [0.15, 0.2) is 0 Å². The Morgan fingerprint density at radius 3 is 2.62 bits per heavy atom. The van der Waals surface area contributed by atoms with Gasteiger partial charge in [-0.15, -0.1) is 0 Å². The van der Waals surface area contributed by atoms with Gasteiger partial charge in [0, 0.05) is 23.7 Å². The molecule has 2 fully saturated rings. The fraction of sp³-hybridized carbons (Fsp3) is 0.524. The van der Waals surface area contributed by atoms with Gasteiger partial charge in [0.25, 0.3) is 0 Å². The Kier molecular flexibility index (Phi) is 4.33. The topological polar surface area (TPSA) is 15.3 Å². The van der Waals surface area contributed by atoms with Crippen molar-refractivity contribution in [2.45, 2.75) is 43.9 Å². The van der Waals surface area contributed by atoms with E-state index in [0.29, 0.717) is 0 Å². The Morgan fingerprint density at radius 2 is 1.96 bits per heavy atom. The first kappa shape index (κ1) is 16.1. The van der Waals surface area contributed by atoms with Crippen LogP contribution in [0.3, 0.4) is 0 Å². The van der Waals surface area contributed by atoms with Crippen LogP contribution in [0, 0.1) is 11.8 Å². The molecule has 1 heterocycles. The molecule has 1 aromatic carbocycles. The molecule has 2 nitrogen and oxygen atoms in total. The van der Waals surface area contributed by atoms with Gasteiger partial charge >= 0.3 is 0 Å². The second kappa shape index (κ2) is 6.47. The summed E-state index contributed by atoms with van der Waals surface area (Å²) in [5, 5.41) is 4.21. The highest BCUT2D eigenvalue weighted by Gasteiger charge is 2.46. The molecule has 0 aromatic heterocycles. The van der Waals surface area contributed by atoms with E-state index in [2.05, 4.69) is 40.3 Å². The van der Waals surface area contributed by atoms with Crippen LogP contribution >= 0.6 is 11.6 Å². The number of benzene rings is 1. The number of nitrogens with one attached hydrogen (secondary N) is 1. The standard InChI is InChI=1S/C21H25ClN2/c1-23-20-14-17-13-16(7-5-12-24-10-3-2-4-11-24)19(22)15-18(17)21(20)8-6-9-21/h13-15,23H,2-4,6,8-12H2,1H3. The van der Waals surface area contributed by atoms with E-state index in [4.69, 9.17) is 11.6 Å². The van der Waals surface area contributed by atoms with Crippen molar-refractivity contribution in [1.29, 1.82) is 0 Å². The molecule has 3 heteroatoms. The molecule has 0 radical (unpaired) electrons. The van der Waals surface area contributed by atoms with E-state index in [1.807, 2.05) is 7.05 Å². The van der Waals surface area contributed by atoms with Gasteiger partial charge in [-0.1, -0.05) is 36.3 Å². The van der Waals surface area contributed by atoms with Crippen LogP contribution in [0.5, 0.6) is 0 Å². The Labute approximate surface area is 150 Å². The lowest BCUT2D eigenvalue weighted by Crippen LogP contribution is -2.38. The lowest BCUT2D eigenvalue weighted by molar-refractivity contribution is 0.255. The summed E-state index contributed by atoms with van der Waals surface area (Å²) in [7, 11) is 2.03. The summed E-state index contributed by atoms with van der Waals surface area (Å²) in [6.45, 7) is 3.22. The number of fused-ring (bicyclic) bond motifs is 2. The van der Waals surface area contributed by atoms with Gasteiger partial charge in [0.2, 0.25) is 0 Å². The summed E-state index contributed by atoms with van der Waals surface area (Å²) in [4.78, 5) is 2.44. The number of allylic oxidation sites excluding steroid dienone is 1. The number of rotatable bonds is 2. The number of piperidine rings is 1. The summed E-state index contributed by atoms with van der Waals surface area (Å²) < 4.78 is 0. The third-order valence-electron chi connectivity index (χ3n) is 5.92. The van der Waals surface area contributed by atoms with Gasteiger partial charge in [-0.2, -0.15) is 0 Å². The van der Waals surface area contributed by atoms with Crippen LogP contribution in [0.2, 0.25) is 5.02 Å². The summed E-state index contributed by atoms with van der Waals surface area (Å²) in [6, 6.07) is 4.35. The minimum atomic E-state index is 0.202. The van der Waals surface area contributed by atoms with Crippen molar-refractivity contribution >= 4 is 17.7 Å². The maximum absolute atomic E-state index is 6.57. The molecule has 24 heavy (non-hydrogen) atoms. The Bertz CT molecular complexity index is 728. The van der Waals surface area contributed by atoms with Crippen LogP contribution in [0.25, 0.3) is 6.08 Å². The van der Waals surface area contributed by atoms with Gasteiger partial charge in [-0.3, -0.25) is 4.90 Å². The molecule has 1 aliphatic heterocycles. The molecule has 1 N–H and O–H groups in total. The number of nitrogens with zero attached hydrogens (tertiary/aromatic N) is 1. The van der Waals surface area contributed by atoms with E-state index in [0.717, 1.165) is 17.1 Å². The number of halogens is 1. The van der Waals surface area contributed by atoms with Gasteiger partial charge in [-0.25, -0.2) is 0 Å². The molecule has 2 aliphatic carbocycles. The molecule has 1 saturated heterocycles. The Hall–Kier alpha value is -1.43. The van der Waals surface area contributed by atoms with E-state index in [-0.39, 0.29) is 5.41 Å². The first-order chi connectivity index (χ1) is 11.7. The van der Waals surface area contributed by atoms with Crippen molar-refractivity contribution in [3.63, 3.8) is 0 Å². The second-order valence-corrected chi connectivity index (χ2v) is 7.71. The third kappa shape index (κ3) is 2.65. The summed E-state index contributed by atoms with van der Waals surface area (Å²) in [6.07, 6.45) is 10.0. The van der Waals surface area contributed by atoms with Gasteiger partial charge in [0.05, 0.1) is 11.6 Å². The molecular weight excluding hydrogens is 316 g/mol. The average molecular weight is 341 g/mol. The van der Waals surface area contributed by atoms with Crippen molar-refractivity contribution in [3.05, 3.63) is 39.5 Å². The van der Waals surface area contributed by atoms with Crippen LogP contribution in [0.15, 0.2) is 17.8 Å². The predicted molar refractivity (Wildman–Crippen MR) is 101 cm³/mol. The van der Waals surface area contributed by atoms with Crippen molar-refractivity contribution in [2.75, 3.05) is 26.7 Å². The molecule has 0 bridgehead atoms. The zero-order valence-corrected chi connectivity index (χ0v) is 15.2. The van der Waals surface area contributed by atoms with E-state index in [9.17, 15) is 0 Å². The van der Waals surface area contributed by atoms with Crippen molar-refractivity contribution in [1.82, 2.24) is 10.2 Å². The maximum Gasteiger partial charge on any atom is 0.0605 e. The molecule has 1 saturated carbocycles. The Balaban J connectivity index is 1.57. The highest BCUT2D eigenvalue weighted by molar-refractivity contribution is 6.32. The SMILES string of the molecule is CNC1=Cc2cc(C#CCN3CCCCC3)c(Cl)cc2C12CCC2. The molecule has 126 valence electrons. The number of hydrogen-bond acceptors (Lipinski definition) is 2. The molecule has 0 atom stereocenters. The van der Waals surface area contributed by atoms with Crippen molar-refractivity contribution in [2.24, 2.45) is 0 Å². The normalized spacial score (nSPS) is 21.5. The largest absolute Gasteiger partial charge is 0.391 e. The lowest BCUT2D eigenvalue weighted by atomic mass is 9.64. The highest BCUT2D eigenvalue weighted by Crippen LogP contribution is 2.54. The maximum atomic E-state index is 6.57. The van der Waals surface area contributed by atoms with Crippen LogP contribution < -0.4 is 5.32 Å². The minimum Gasteiger partial charge on any atom is -0.391 e. The molecule has 3 aliphatic rings. The average Bonchev–Trinajstić information content (AvgIpc) is 2.89. The quantitative estimate of drug-likeness (QED) is 0.813. The number of hydrogen-bond donors (Lipinski definition) is 1. The second-order valence-electron chi connectivity index (χ2n) is 7.30. The molecule has 0 unspecified atom stereocenters. The first-order valence-electron chi connectivity index (χ1n) is 9.18. The summed E-state index contributed by atoms with van der Waals surface area (Å²) in [5.74, 6) is 6.65. The predicted octanol–water partition coefficient (Wildman–Crippen LogP) is 4.17. The fourth-order valence-electron chi connectivity index (χ4n) is 4.40. The van der Waals surface area contributed by atoms with Gasteiger partial charge in [-0.05, 0) is 68.1 Å². The molecular formula is C21H25ClN2. The third-order valence-corrected chi connectivity index (χ3v) is 6.23. The lowest BCUT2D eigenvalue weighted by Gasteiger charge is -2.42. The number of likely N-dealkylation sites (tertiary alicyclic amines) is 1. The summed E-state index contributed by atoms with van der Waals surface area (Å²) in [5.41, 5.74) is 5.21. The highest BCUT2D eigenvalue weighted by atomic mass is 35.5. The first-order valence-corrected chi connectivity index (χ1v) is 9.56. The Morgan fingerprint density at radius 1 is 1.17 bits per heavy atom. The van der Waals surface area contributed by atoms with Crippen LogP contribution in [-0.2, 0) is 5.41 Å². The summed E-state index contributed by atoms with van der Waals surface area (Å²) >= 11 is 6.57. The van der Waals surface area contributed by atoms with Crippen LogP contribution in [0.4, 0.5) is 0 Å². The van der Waals surface area contributed by atoms with E-state index in [1.54, 1.807) is 0 Å². The van der Waals surface area contributed by atoms with E-state index < -0.39 is 0 Å².